The van der Waals surface area contributed by atoms with Gasteiger partial charge in [-0.2, -0.15) is 0 Å². The second-order valence-electron chi connectivity index (χ2n) is 5.06. The number of hydrogen-bond donors (Lipinski definition) is 1. The van der Waals surface area contributed by atoms with Crippen LogP contribution in [-0.2, 0) is 9.53 Å². The smallest absolute Gasteiger partial charge is 0.334 e. The molecule has 0 fully saturated rings. The number of rotatable bonds is 9. The number of hydrogen-bond acceptors (Lipinski definition) is 3. The molecule has 0 aromatic rings. The van der Waals surface area contributed by atoms with Crippen LogP contribution in [0.15, 0.2) is 12.7 Å². The highest BCUT2D eigenvalue weighted by molar-refractivity contribution is 5.81. The minimum atomic E-state index is -0.420. The molecule has 0 aromatic carbocycles. The number of aliphatic hydroxyl groups is 1. The number of unbranched alkanes of at least 4 members (excludes halogenated alkanes) is 2. The van der Waals surface area contributed by atoms with Gasteiger partial charge < -0.3 is 22.3 Å². The predicted octanol–water partition coefficient (Wildman–Crippen LogP) is -1.31. The highest BCUT2D eigenvalue weighted by Crippen LogP contribution is 2.08. The van der Waals surface area contributed by atoms with Crippen LogP contribution >= 0.6 is 0 Å². The largest absolute Gasteiger partial charge is 1.00 e. The predicted molar refractivity (Wildman–Crippen MR) is 68.3 cm³/mol. The lowest BCUT2D eigenvalue weighted by Crippen LogP contribution is -3.00. The van der Waals surface area contributed by atoms with Gasteiger partial charge in [-0.05, 0) is 6.42 Å². The molecule has 0 heterocycles. The second kappa shape index (κ2) is 10.4. The number of carbonyl (C=O) groups is 1. The average Bonchev–Trinajstić information content (AvgIpc) is 2.25. The Hall–Kier alpha value is -0.580. The fourth-order valence-corrected chi connectivity index (χ4v) is 1.64. The molecule has 0 rings (SSSR count). The lowest BCUT2D eigenvalue weighted by Gasteiger charge is -2.30. The van der Waals surface area contributed by atoms with Crippen LogP contribution < -0.4 is 12.4 Å². The van der Waals surface area contributed by atoms with E-state index in [0.717, 1.165) is 31.8 Å². The summed E-state index contributed by atoms with van der Waals surface area (Å²) in [6.45, 7) is 6.33. The van der Waals surface area contributed by atoms with E-state index in [-0.39, 0.29) is 25.2 Å². The number of halogens is 1. The first-order valence-electron chi connectivity index (χ1n) is 6.20. The number of ether oxygens (including phenoxy) is 1. The molecule has 0 aliphatic rings. The molecule has 0 saturated carbocycles. The van der Waals surface area contributed by atoms with E-state index in [1.165, 1.54) is 0 Å². The van der Waals surface area contributed by atoms with Crippen molar-refractivity contribution in [2.45, 2.75) is 38.7 Å². The van der Waals surface area contributed by atoms with Crippen LogP contribution in [0.5, 0.6) is 0 Å². The number of esters is 1. The van der Waals surface area contributed by atoms with Gasteiger partial charge in [0.2, 0.25) is 6.73 Å². The van der Waals surface area contributed by atoms with Crippen LogP contribution in [0.2, 0.25) is 0 Å². The minimum Gasteiger partial charge on any atom is -1.00 e. The number of nitrogens with zero attached hydrogens (tertiary/aromatic N) is 1. The Morgan fingerprint density at radius 1 is 1.44 bits per heavy atom. The molecule has 4 nitrogen and oxygen atoms in total. The Morgan fingerprint density at radius 2 is 2.06 bits per heavy atom. The van der Waals surface area contributed by atoms with Crippen LogP contribution in [0.1, 0.15) is 32.6 Å². The normalized spacial score (nSPS) is 12.4. The fraction of sp³-hybridized carbons (Fsp3) is 0.769. The third-order valence-electron chi connectivity index (χ3n) is 2.57. The Labute approximate surface area is 117 Å². The van der Waals surface area contributed by atoms with E-state index in [4.69, 9.17) is 4.74 Å². The van der Waals surface area contributed by atoms with Crippen molar-refractivity contribution < 1.29 is 31.5 Å². The summed E-state index contributed by atoms with van der Waals surface area (Å²) in [6.07, 6.45) is 4.98. The topological polar surface area (TPSA) is 46.5 Å². The standard InChI is InChI=1S/C13H26NO3.ClH/c1-5-7-8-9-12(15)10-14(3,4)11-17-13(16)6-2;/h6,12,15H,2,5,7-11H2,1,3-4H3;1H/q+1;/p-1. The van der Waals surface area contributed by atoms with Crippen molar-refractivity contribution in [2.24, 2.45) is 0 Å². The van der Waals surface area contributed by atoms with Crippen molar-refractivity contribution in [2.75, 3.05) is 27.4 Å². The maximum atomic E-state index is 10.9. The van der Waals surface area contributed by atoms with Crippen LogP contribution in [-0.4, -0.2) is 49.0 Å². The van der Waals surface area contributed by atoms with Gasteiger partial charge >= 0.3 is 5.97 Å². The summed E-state index contributed by atoms with van der Waals surface area (Å²) in [6, 6.07) is 0. The lowest BCUT2D eigenvalue weighted by atomic mass is 10.1. The molecule has 1 atom stereocenters. The van der Waals surface area contributed by atoms with E-state index in [1.807, 2.05) is 14.1 Å². The van der Waals surface area contributed by atoms with Crippen LogP contribution in [0.25, 0.3) is 0 Å². The van der Waals surface area contributed by atoms with Crippen LogP contribution in [0.3, 0.4) is 0 Å². The molecule has 0 radical (unpaired) electrons. The van der Waals surface area contributed by atoms with Crippen LogP contribution in [0, 0.1) is 0 Å². The van der Waals surface area contributed by atoms with Gasteiger partial charge in [0.1, 0.15) is 12.6 Å². The second-order valence-corrected chi connectivity index (χ2v) is 5.06. The molecule has 0 amide bonds. The van der Waals surface area contributed by atoms with Gasteiger partial charge in [0.05, 0.1) is 14.1 Å². The Morgan fingerprint density at radius 3 is 2.56 bits per heavy atom. The summed E-state index contributed by atoms with van der Waals surface area (Å²) >= 11 is 0. The first-order chi connectivity index (χ1) is 7.91. The average molecular weight is 280 g/mol. The van der Waals surface area contributed by atoms with Gasteiger partial charge in [0.15, 0.2) is 0 Å². The molecule has 1 N–H and O–H groups in total. The molecule has 0 spiro atoms. The molecule has 108 valence electrons. The van der Waals surface area contributed by atoms with E-state index in [1.54, 1.807) is 0 Å². The SMILES string of the molecule is C=CC(=O)OC[N+](C)(C)CC(O)CCCCC.[Cl-]. The monoisotopic (exact) mass is 279 g/mol. The van der Waals surface area contributed by atoms with E-state index in [0.29, 0.717) is 11.0 Å². The number of carbonyl (C=O) groups excluding carboxylic acids is 1. The summed E-state index contributed by atoms with van der Waals surface area (Å²) < 4.78 is 5.45. The van der Waals surface area contributed by atoms with Gasteiger partial charge in [-0.15, -0.1) is 0 Å². The maximum absolute atomic E-state index is 10.9. The van der Waals surface area contributed by atoms with Gasteiger partial charge in [-0.1, -0.05) is 32.8 Å². The van der Waals surface area contributed by atoms with E-state index >= 15 is 0 Å². The van der Waals surface area contributed by atoms with E-state index in [9.17, 15) is 9.90 Å². The van der Waals surface area contributed by atoms with Crippen molar-refractivity contribution >= 4 is 5.97 Å². The summed E-state index contributed by atoms with van der Waals surface area (Å²) in [5.74, 6) is -0.420. The molecular formula is C13H26ClNO3. The number of likely N-dealkylation sites (N-methyl/N-ethyl adjacent to an activating group) is 1. The molecule has 18 heavy (non-hydrogen) atoms. The summed E-state index contributed by atoms with van der Waals surface area (Å²) in [5.41, 5.74) is 0. The van der Waals surface area contributed by atoms with E-state index < -0.39 is 5.97 Å². The van der Waals surface area contributed by atoms with Crippen LogP contribution in [0.4, 0.5) is 0 Å². The highest BCUT2D eigenvalue weighted by Gasteiger charge is 2.21. The van der Waals surface area contributed by atoms with Gasteiger partial charge in [-0.25, -0.2) is 4.79 Å². The first-order valence-corrected chi connectivity index (χ1v) is 6.20. The van der Waals surface area contributed by atoms with E-state index in [2.05, 4.69) is 13.5 Å². The maximum Gasteiger partial charge on any atom is 0.334 e. The summed E-state index contributed by atoms with van der Waals surface area (Å²) in [5, 5.41) is 9.86. The quantitative estimate of drug-likeness (QED) is 0.188. The molecule has 0 aromatic heterocycles. The zero-order valence-electron chi connectivity index (χ0n) is 11.7. The zero-order valence-corrected chi connectivity index (χ0v) is 12.4. The third kappa shape index (κ3) is 10.6. The third-order valence-corrected chi connectivity index (χ3v) is 2.57. The van der Waals surface area contributed by atoms with Gasteiger partial charge in [0.25, 0.3) is 0 Å². The fourth-order valence-electron chi connectivity index (χ4n) is 1.64. The minimum absolute atomic E-state index is 0. The molecule has 0 bridgehead atoms. The Bertz CT molecular complexity index is 244. The Kier molecular flexibility index (Phi) is 11.4. The summed E-state index contributed by atoms with van der Waals surface area (Å²) in [4.78, 5) is 10.9. The molecule has 5 heteroatoms. The van der Waals surface area contributed by atoms with Gasteiger partial charge in [-0.3, -0.25) is 4.48 Å². The summed E-state index contributed by atoms with van der Waals surface area (Å²) in [7, 11) is 3.86. The lowest BCUT2D eigenvalue weighted by molar-refractivity contribution is -0.910. The van der Waals surface area contributed by atoms with Crippen molar-refractivity contribution in [3.8, 4) is 0 Å². The molecule has 0 aliphatic carbocycles. The van der Waals surface area contributed by atoms with Gasteiger partial charge in [0, 0.05) is 6.08 Å². The Balaban J connectivity index is 0. The molecular weight excluding hydrogens is 254 g/mol. The first kappa shape index (κ1) is 19.8. The number of quaternary nitrogens is 1. The van der Waals surface area contributed by atoms with Crippen molar-refractivity contribution in [3.05, 3.63) is 12.7 Å². The van der Waals surface area contributed by atoms with Crippen molar-refractivity contribution in [3.63, 3.8) is 0 Å². The molecule has 1 unspecified atom stereocenters. The molecule has 0 aliphatic heterocycles. The van der Waals surface area contributed by atoms with Crippen molar-refractivity contribution in [1.82, 2.24) is 0 Å². The number of aliphatic hydroxyl groups excluding tert-OH is 1. The zero-order chi connectivity index (χ0) is 13.3. The molecule has 0 saturated heterocycles. The van der Waals surface area contributed by atoms with Crippen molar-refractivity contribution in [1.29, 1.82) is 0 Å². The highest BCUT2D eigenvalue weighted by atomic mass is 35.5.